The lowest BCUT2D eigenvalue weighted by Crippen LogP contribution is -2.32. The minimum absolute atomic E-state index is 0.00608. The fraction of sp³-hybridized carbons (Fsp3) is 0.118. The Balaban J connectivity index is 2.25. The Morgan fingerprint density at radius 2 is 2.14 bits per heavy atom. The van der Waals surface area contributed by atoms with Crippen LogP contribution in [0.5, 0.6) is 5.75 Å². The number of carbonyl (C=O) groups is 1. The van der Waals surface area contributed by atoms with E-state index in [-0.39, 0.29) is 40.2 Å². The third kappa shape index (κ3) is 2.93. The van der Waals surface area contributed by atoms with E-state index in [2.05, 4.69) is 20.6 Å². The largest absolute Gasteiger partial charge is 0.496 e. The van der Waals surface area contributed by atoms with Gasteiger partial charge in [-0.3, -0.25) is 5.32 Å². The van der Waals surface area contributed by atoms with Crippen LogP contribution in [-0.2, 0) is 0 Å². The molecular weight excluding hydrogens is 364 g/mol. The summed E-state index contributed by atoms with van der Waals surface area (Å²) in [5, 5.41) is 32.7. The van der Waals surface area contributed by atoms with Crippen molar-refractivity contribution >= 4 is 29.3 Å². The number of pyridine rings is 1. The van der Waals surface area contributed by atoms with Crippen LogP contribution in [0.15, 0.2) is 23.2 Å². The van der Waals surface area contributed by atoms with Gasteiger partial charge in [-0.05, 0) is 17.7 Å². The average Bonchev–Trinajstić information content (AvgIpc) is 2.67. The maximum Gasteiger partial charge on any atom is 0.339 e. The molecule has 1 aromatic heterocycles. The molecule has 2 heterocycles. The maximum atomic E-state index is 11.3. The molecule has 0 radical (unpaired) electrons. The van der Waals surface area contributed by atoms with Crippen molar-refractivity contribution in [2.75, 3.05) is 23.9 Å². The molecule has 0 saturated carbocycles. The molecule has 1 atom stereocenters. The summed E-state index contributed by atoms with van der Waals surface area (Å²) in [5.41, 5.74) is 12.9. The predicted octanol–water partition coefficient (Wildman–Crippen LogP) is 0.766. The Hall–Kier alpha value is -4.51. The van der Waals surface area contributed by atoms with Crippen molar-refractivity contribution in [2.24, 2.45) is 4.99 Å². The van der Waals surface area contributed by atoms with Gasteiger partial charge in [-0.2, -0.15) is 10.5 Å². The number of guanidine groups is 1. The van der Waals surface area contributed by atoms with E-state index in [1.807, 2.05) is 6.07 Å². The minimum atomic E-state index is -1.15. The Labute approximate surface area is 158 Å². The second-order valence-corrected chi connectivity index (χ2v) is 5.67. The van der Waals surface area contributed by atoms with Crippen LogP contribution >= 0.6 is 0 Å². The molecule has 11 nitrogen and oxygen atoms in total. The molecule has 0 aliphatic carbocycles. The molecule has 0 spiro atoms. The number of ether oxygens (including phenoxy) is 1. The van der Waals surface area contributed by atoms with Crippen LogP contribution < -0.4 is 26.8 Å². The molecule has 1 aromatic carbocycles. The third-order valence-corrected chi connectivity index (χ3v) is 4.13. The fourth-order valence-corrected chi connectivity index (χ4v) is 2.88. The molecule has 28 heavy (non-hydrogen) atoms. The zero-order chi connectivity index (χ0) is 20.4. The second-order valence-electron chi connectivity index (χ2n) is 5.67. The van der Waals surface area contributed by atoms with Gasteiger partial charge in [-0.15, -0.1) is 0 Å². The SMILES string of the molecule is COc1cc(C2N=C(NC#N)Nc3nc(N)c(C#N)c(N)c32)ccc1C(=O)O. The Morgan fingerprint density at radius 3 is 2.75 bits per heavy atom. The van der Waals surface area contributed by atoms with E-state index in [0.717, 1.165) is 0 Å². The number of methoxy groups -OCH3 is 1. The van der Waals surface area contributed by atoms with Crippen LogP contribution in [0.25, 0.3) is 0 Å². The van der Waals surface area contributed by atoms with Crippen LogP contribution in [0.3, 0.4) is 0 Å². The third-order valence-electron chi connectivity index (χ3n) is 4.13. The molecule has 2 aromatic rings. The first-order chi connectivity index (χ1) is 13.4. The predicted molar refractivity (Wildman–Crippen MR) is 99.4 cm³/mol. The number of hydrogen-bond donors (Lipinski definition) is 5. The van der Waals surface area contributed by atoms with Gasteiger partial charge in [0.2, 0.25) is 5.96 Å². The molecule has 11 heteroatoms. The number of nitrogen functional groups attached to an aromatic ring is 2. The minimum Gasteiger partial charge on any atom is -0.496 e. The molecule has 3 rings (SSSR count). The zero-order valence-electron chi connectivity index (χ0n) is 14.5. The van der Waals surface area contributed by atoms with Gasteiger partial charge in [0.15, 0.2) is 6.19 Å². The van der Waals surface area contributed by atoms with Crippen molar-refractivity contribution in [3.63, 3.8) is 0 Å². The van der Waals surface area contributed by atoms with E-state index < -0.39 is 12.0 Å². The first-order valence-corrected chi connectivity index (χ1v) is 7.81. The number of fused-ring (bicyclic) bond motifs is 1. The molecule has 0 fully saturated rings. The number of anilines is 3. The van der Waals surface area contributed by atoms with Gasteiger partial charge in [-0.25, -0.2) is 14.8 Å². The molecule has 1 unspecified atom stereocenters. The summed E-state index contributed by atoms with van der Waals surface area (Å²) >= 11 is 0. The first kappa shape index (κ1) is 18.3. The highest BCUT2D eigenvalue weighted by Crippen LogP contribution is 2.41. The summed E-state index contributed by atoms with van der Waals surface area (Å²) in [6.45, 7) is 0. The van der Waals surface area contributed by atoms with Crippen LogP contribution in [0.4, 0.5) is 17.3 Å². The lowest BCUT2D eigenvalue weighted by Gasteiger charge is -2.26. The van der Waals surface area contributed by atoms with Gasteiger partial charge in [0, 0.05) is 5.56 Å². The first-order valence-electron chi connectivity index (χ1n) is 7.81. The number of aromatic carboxylic acids is 1. The highest BCUT2D eigenvalue weighted by Gasteiger charge is 2.30. The van der Waals surface area contributed by atoms with Crippen LogP contribution in [0.1, 0.15) is 33.1 Å². The van der Waals surface area contributed by atoms with Crippen molar-refractivity contribution in [1.82, 2.24) is 10.3 Å². The van der Waals surface area contributed by atoms with E-state index in [4.69, 9.17) is 21.5 Å². The van der Waals surface area contributed by atoms with Gasteiger partial charge in [0.05, 0.1) is 12.8 Å². The fourth-order valence-electron chi connectivity index (χ4n) is 2.88. The molecule has 140 valence electrons. The Morgan fingerprint density at radius 1 is 1.39 bits per heavy atom. The number of benzene rings is 1. The molecule has 0 saturated heterocycles. The van der Waals surface area contributed by atoms with E-state index in [9.17, 15) is 15.2 Å². The van der Waals surface area contributed by atoms with Crippen molar-refractivity contribution in [3.8, 4) is 18.0 Å². The van der Waals surface area contributed by atoms with Gasteiger partial charge in [0.25, 0.3) is 0 Å². The number of aromatic nitrogens is 1. The van der Waals surface area contributed by atoms with Crippen molar-refractivity contribution in [2.45, 2.75) is 6.04 Å². The number of nitriles is 2. The lowest BCUT2D eigenvalue weighted by atomic mass is 9.94. The smallest absolute Gasteiger partial charge is 0.339 e. The molecular formula is C17H14N8O3. The summed E-state index contributed by atoms with van der Waals surface area (Å²) in [5.74, 6) is -0.768. The Kier molecular flexibility index (Phi) is 4.58. The summed E-state index contributed by atoms with van der Waals surface area (Å²) < 4.78 is 5.16. The quantitative estimate of drug-likeness (QED) is 0.375. The van der Waals surface area contributed by atoms with Crippen molar-refractivity contribution in [3.05, 3.63) is 40.5 Å². The number of carboxylic acid groups (broad SMARTS) is 1. The summed E-state index contributed by atoms with van der Waals surface area (Å²) in [7, 11) is 1.35. The summed E-state index contributed by atoms with van der Waals surface area (Å²) in [6.07, 6.45) is 1.75. The lowest BCUT2D eigenvalue weighted by molar-refractivity contribution is 0.0693. The number of hydrogen-bond acceptors (Lipinski definition) is 10. The normalized spacial score (nSPS) is 14.5. The van der Waals surface area contributed by atoms with Crippen molar-refractivity contribution < 1.29 is 14.6 Å². The summed E-state index contributed by atoms with van der Waals surface area (Å²) in [4.78, 5) is 19.9. The number of aliphatic imine (C=N–C) groups is 1. The number of nitrogens with two attached hydrogens (primary N) is 2. The number of rotatable bonds is 3. The number of nitrogens with zero attached hydrogens (tertiary/aromatic N) is 4. The van der Waals surface area contributed by atoms with Crippen molar-refractivity contribution in [1.29, 1.82) is 10.5 Å². The zero-order valence-corrected chi connectivity index (χ0v) is 14.5. The van der Waals surface area contributed by atoms with E-state index in [1.165, 1.54) is 19.2 Å². The molecule has 1 aliphatic rings. The summed E-state index contributed by atoms with van der Waals surface area (Å²) in [6, 6.07) is 5.54. The highest BCUT2D eigenvalue weighted by molar-refractivity contribution is 5.98. The second kappa shape index (κ2) is 7.01. The topological polar surface area (TPSA) is 195 Å². The molecule has 7 N–H and O–H groups in total. The highest BCUT2D eigenvalue weighted by atomic mass is 16.5. The van der Waals surface area contributed by atoms with Gasteiger partial charge < -0.3 is 26.6 Å². The Bertz CT molecular complexity index is 1100. The van der Waals surface area contributed by atoms with Gasteiger partial charge in [-0.1, -0.05) is 6.07 Å². The van der Waals surface area contributed by atoms with Gasteiger partial charge in [0.1, 0.15) is 40.6 Å². The van der Waals surface area contributed by atoms with E-state index >= 15 is 0 Å². The number of nitrogens with one attached hydrogen (secondary N) is 2. The van der Waals surface area contributed by atoms with E-state index in [1.54, 1.807) is 12.3 Å². The molecule has 0 amide bonds. The number of carboxylic acids is 1. The maximum absolute atomic E-state index is 11.3. The monoisotopic (exact) mass is 378 g/mol. The molecule has 1 aliphatic heterocycles. The standard InChI is InChI=1S/C17H14N8O3/c1-28-10-4-7(2-3-8(10)16(26)27)13-11-12(20)9(5-18)14(21)24-15(11)25-17(23-13)22-6-19/h2-4,13H,1H3,(H,26,27)(H6,20,21,22,23,24,25). The average molecular weight is 378 g/mol. The van der Waals surface area contributed by atoms with Crippen LogP contribution in [0.2, 0.25) is 0 Å². The van der Waals surface area contributed by atoms with Gasteiger partial charge >= 0.3 is 5.97 Å². The van der Waals surface area contributed by atoms with Crippen LogP contribution in [0, 0.1) is 22.8 Å². The van der Waals surface area contributed by atoms with Crippen LogP contribution in [-0.4, -0.2) is 29.1 Å². The van der Waals surface area contributed by atoms with E-state index in [0.29, 0.717) is 11.1 Å². The molecule has 0 bridgehead atoms.